The molecule has 13 nitrogen and oxygen atoms in total. The molecule has 0 bridgehead atoms. The first-order valence-corrected chi connectivity index (χ1v) is 19.2. The van der Waals surface area contributed by atoms with E-state index in [4.69, 9.17) is 9.51 Å². The van der Waals surface area contributed by atoms with Gasteiger partial charge in [-0.15, -0.1) is 0 Å². The van der Waals surface area contributed by atoms with Crippen molar-refractivity contribution in [2.45, 2.75) is 83.7 Å². The highest BCUT2D eigenvalue weighted by Crippen LogP contribution is 2.33. The number of hydrogen-bond donors (Lipinski definition) is 2. The zero-order valence-corrected chi connectivity index (χ0v) is 32.1. The fourth-order valence-corrected chi connectivity index (χ4v) is 7.63. The standard InChI is InChI=1S/C43H45N9O4/c1-26-19-31(9-10-32(26)22-45-41(55)39-49-42(56-50-39)43(2,3)4)38-36-21-33(24-52(36)47-25-46-38)35-20-27(13-16-44-35)23-51-17-14-29(15-18-51)28-5-7-30(8-6-28)34-11-12-37(53)48-40(34)54/h5-10,13,16,19-21,24-25,29,34H,11-12,14-15,17-18,22-23H2,1-4H3,(H,45,55)(H,48,53,54). The molecule has 2 aliphatic heterocycles. The van der Waals surface area contributed by atoms with Gasteiger partial charge in [0.05, 0.1) is 22.8 Å². The summed E-state index contributed by atoms with van der Waals surface area (Å²) in [6.45, 7) is 11.0. The van der Waals surface area contributed by atoms with E-state index in [0.29, 0.717) is 31.2 Å². The Morgan fingerprint density at radius 3 is 2.46 bits per heavy atom. The summed E-state index contributed by atoms with van der Waals surface area (Å²) in [5.41, 5.74) is 9.57. The minimum atomic E-state index is -0.388. The molecule has 2 fully saturated rings. The van der Waals surface area contributed by atoms with Crippen LogP contribution in [-0.2, 0) is 28.1 Å². The molecule has 0 radical (unpaired) electrons. The van der Waals surface area contributed by atoms with Gasteiger partial charge in [-0.1, -0.05) is 62.3 Å². The van der Waals surface area contributed by atoms with Crippen molar-refractivity contribution in [3.05, 3.63) is 119 Å². The van der Waals surface area contributed by atoms with E-state index in [0.717, 1.165) is 77.2 Å². The van der Waals surface area contributed by atoms with E-state index in [9.17, 15) is 14.4 Å². The minimum absolute atomic E-state index is 0.0193. The fourth-order valence-electron chi connectivity index (χ4n) is 7.63. The number of nitrogens with zero attached hydrogens (tertiary/aromatic N) is 7. The van der Waals surface area contributed by atoms with Gasteiger partial charge < -0.3 is 9.84 Å². The van der Waals surface area contributed by atoms with Crippen LogP contribution in [0.25, 0.3) is 28.0 Å². The van der Waals surface area contributed by atoms with Crippen LogP contribution in [-0.4, -0.2) is 65.4 Å². The van der Waals surface area contributed by atoms with E-state index in [-0.39, 0.29) is 34.9 Å². The molecule has 0 saturated carbocycles. The van der Waals surface area contributed by atoms with Gasteiger partial charge in [-0.3, -0.25) is 29.6 Å². The van der Waals surface area contributed by atoms with Crippen molar-refractivity contribution in [3.63, 3.8) is 0 Å². The SMILES string of the molecule is Cc1cc(-c2ncnn3cc(-c4cc(CN5CCC(c6ccc(C7CCC(=O)NC7=O)cc6)CC5)ccn4)cc23)ccc1CNC(=O)c1noc(C(C)(C)C)n1. The summed E-state index contributed by atoms with van der Waals surface area (Å²) >= 11 is 0. The van der Waals surface area contributed by atoms with Crippen LogP contribution in [0, 0.1) is 6.92 Å². The Labute approximate surface area is 324 Å². The maximum Gasteiger partial charge on any atom is 0.292 e. The number of amides is 3. The van der Waals surface area contributed by atoms with Crippen molar-refractivity contribution in [3.8, 4) is 22.5 Å². The molecule has 0 spiro atoms. The first-order chi connectivity index (χ1) is 27.0. The highest BCUT2D eigenvalue weighted by atomic mass is 16.5. The van der Waals surface area contributed by atoms with E-state index in [1.165, 1.54) is 11.1 Å². The van der Waals surface area contributed by atoms with Crippen LogP contribution >= 0.6 is 0 Å². The average molecular weight is 752 g/mol. The third-order valence-corrected chi connectivity index (χ3v) is 10.9. The van der Waals surface area contributed by atoms with Gasteiger partial charge in [0.25, 0.3) is 11.7 Å². The summed E-state index contributed by atoms with van der Waals surface area (Å²) in [6, 6.07) is 20.8. The zero-order valence-electron chi connectivity index (χ0n) is 32.1. The van der Waals surface area contributed by atoms with Gasteiger partial charge in [0, 0.05) is 48.4 Å². The number of rotatable bonds is 9. The second-order valence-electron chi connectivity index (χ2n) is 15.9. The summed E-state index contributed by atoms with van der Waals surface area (Å²) in [6.07, 6.45) is 8.51. The fraction of sp³-hybridized carbons (Fsp3) is 0.349. The third-order valence-electron chi connectivity index (χ3n) is 10.9. The minimum Gasteiger partial charge on any atom is -0.345 e. The zero-order chi connectivity index (χ0) is 39.0. The molecule has 6 aromatic rings. The molecular weight excluding hydrogens is 707 g/mol. The molecule has 2 aromatic carbocycles. The predicted molar refractivity (Wildman–Crippen MR) is 209 cm³/mol. The Bertz CT molecular complexity index is 2420. The Balaban J connectivity index is 0.897. The highest BCUT2D eigenvalue weighted by molar-refractivity contribution is 6.01. The lowest BCUT2D eigenvalue weighted by molar-refractivity contribution is -0.134. The number of pyridine rings is 1. The van der Waals surface area contributed by atoms with Gasteiger partial charge in [-0.25, -0.2) is 9.50 Å². The Hall–Kier alpha value is -6.08. The number of benzene rings is 2. The lowest BCUT2D eigenvalue weighted by Crippen LogP contribution is -2.39. The van der Waals surface area contributed by atoms with E-state index < -0.39 is 0 Å². The molecule has 2 aliphatic rings. The van der Waals surface area contributed by atoms with Gasteiger partial charge in [-0.05, 0) is 97.3 Å². The molecule has 1 unspecified atom stereocenters. The van der Waals surface area contributed by atoms with Gasteiger partial charge in [0.2, 0.25) is 17.7 Å². The molecular formula is C43H45N9O4. The van der Waals surface area contributed by atoms with Crippen LogP contribution in [0.15, 0.2) is 83.9 Å². The van der Waals surface area contributed by atoms with Crippen molar-refractivity contribution >= 4 is 23.2 Å². The first kappa shape index (κ1) is 36.9. The Morgan fingerprint density at radius 1 is 0.946 bits per heavy atom. The van der Waals surface area contributed by atoms with E-state index >= 15 is 0 Å². The van der Waals surface area contributed by atoms with Crippen molar-refractivity contribution in [2.75, 3.05) is 13.1 Å². The predicted octanol–water partition coefficient (Wildman–Crippen LogP) is 6.28. The molecule has 0 aliphatic carbocycles. The maximum absolute atomic E-state index is 12.7. The monoisotopic (exact) mass is 751 g/mol. The van der Waals surface area contributed by atoms with Crippen LogP contribution in [0.2, 0.25) is 0 Å². The van der Waals surface area contributed by atoms with Crippen LogP contribution in [0.4, 0.5) is 0 Å². The third kappa shape index (κ3) is 7.85. The summed E-state index contributed by atoms with van der Waals surface area (Å²) in [5, 5.41) is 13.7. The summed E-state index contributed by atoms with van der Waals surface area (Å²) in [7, 11) is 0. The molecule has 13 heteroatoms. The van der Waals surface area contributed by atoms with Crippen LogP contribution in [0.1, 0.15) is 103 Å². The molecule has 6 heterocycles. The van der Waals surface area contributed by atoms with Crippen LogP contribution < -0.4 is 10.6 Å². The molecule has 4 aromatic heterocycles. The van der Waals surface area contributed by atoms with Crippen LogP contribution in [0.3, 0.4) is 0 Å². The lowest BCUT2D eigenvalue weighted by Gasteiger charge is -2.32. The van der Waals surface area contributed by atoms with Gasteiger partial charge >= 0.3 is 0 Å². The second-order valence-corrected chi connectivity index (χ2v) is 15.9. The van der Waals surface area contributed by atoms with Crippen molar-refractivity contribution in [1.29, 1.82) is 0 Å². The highest BCUT2D eigenvalue weighted by Gasteiger charge is 2.29. The number of hydrogen-bond acceptors (Lipinski definition) is 10. The molecule has 2 N–H and O–H groups in total. The molecule has 56 heavy (non-hydrogen) atoms. The topological polar surface area (TPSA) is 161 Å². The van der Waals surface area contributed by atoms with E-state index in [1.54, 1.807) is 6.33 Å². The number of aryl methyl sites for hydroxylation is 1. The molecule has 2 saturated heterocycles. The molecule has 1 atom stereocenters. The second kappa shape index (κ2) is 15.2. The van der Waals surface area contributed by atoms with E-state index in [2.05, 4.69) is 84.3 Å². The Kier molecular flexibility index (Phi) is 10.0. The maximum atomic E-state index is 12.7. The summed E-state index contributed by atoms with van der Waals surface area (Å²) < 4.78 is 7.11. The van der Waals surface area contributed by atoms with Gasteiger partial charge in [0.1, 0.15) is 6.33 Å². The van der Waals surface area contributed by atoms with Gasteiger partial charge in [-0.2, -0.15) is 10.1 Å². The number of aromatic nitrogens is 6. The molecule has 8 rings (SSSR count). The molecule has 3 amide bonds. The largest absolute Gasteiger partial charge is 0.345 e. The first-order valence-electron chi connectivity index (χ1n) is 19.2. The lowest BCUT2D eigenvalue weighted by atomic mass is 9.86. The van der Waals surface area contributed by atoms with Crippen LogP contribution in [0.5, 0.6) is 0 Å². The number of likely N-dealkylation sites (tertiary alicyclic amines) is 1. The number of nitrogens with one attached hydrogen (secondary N) is 2. The number of carbonyl (C=O) groups is 3. The quantitative estimate of drug-likeness (QED) is 0.161. The smallest absolute Gasteiger partial charge is 0.292 e. The summed E-state index contributed by atoms with van der Waals surface area (Å²) in [5.74, 6) is -0.107. The number of carbonyl (C=O) groups excluding carboxylic acids is 3. The average Bonchev–Trinajstić information content (AvgIpc) is 3.87. The summed E-state index contributed by atoms with van der Waals surface area (Å²) in [4.78, 5) is 52.7. The van der Waals surface area contributed by atoms with Crippen molar-refractivity contribution in [2.24, 2.45) is 0 Å². The number of piperidine rings is 2. The molecule has 286 valence electrons. The normalized spacial score (nSPS) is 17.0. The van der Waals surface area contributed by atoms with Gasteiger partial charge in [0.15, 0.2) is 0 Å². The Morgan fingerprint density at radius 2 is 1.73 bits per heavy atom. The number of imide groups is 1. The van der Waals surface area contributed by atoms with E-state index in [1.807, 2.05) is 56.7 Å². The number of fused-ring (bicyclic) bond motifs is 1. The van der Waals surface area contributed by atoms with Crippen molar-refractivity contribution < 1.29 is 18.9 Å². The van der Waals surface area contributed by atoms with Crippen molar-refractivity contribution in [1.82, 2.24) is 45.3 Å².